The second kappa shape index (κ2) is 17.4. The number of rotatable bonds is 10. The molecule has 19 heavy (non-hydrogen) atoms. The molecule has 0 rings (SSSR count). The Bertz CT molecular complexity index is 183. The Hall–Kier alpha value is -0.650. The van der Waals surface area contributed by atoms with E-state index >= 15 is 0 Å². The average Bonchev–Trinajstić information content (AvgIpc) is 2.43. The van der Waals surface area contributed by atoms with Crippen molar-refractivity contribution in [2.24, 2.45) is 0 Å². The number of hydrogen-bond donors (Lipinski definition) is 2. The maximum atomic E-state index is 10.8. The third-order valence-corrected chi connectivity index (χ3v) is 2.35. The first-order valence-electron chi connectivity index (χ1n) is 7.17. The molecule has 0 aliphatic carbocycles. The summed E-state index contributed by atoms with van der Waals surface area (Å²) >= 11 is 0. The molecule has 0 aromatic heterocycles. The van der Waals surface area contributed by atoms with Gasteiger partial charge >= 0.3 is 5.97 Å². The molecule has 116 valence electrons. The molecule has 2 N–H and O–H groups in total. The molecule has 0 bridgehead atoms. The van der Waals surface area contributed by atoms with Gasteiger partial charge in [0, 0.05) is 13.2 Å². The molecule has 0 amide bonds. The highest BCUT2D eigenvalue weighted by atomic mass is 16.5. The summed E-state index contributed by atoms with van der Waals surface area (Å²) in [5.74, 6) is -0.733. The van der Waals surface area contributed by atoms with Crippen LogP contribution in [0.5, 0.6) is 0 Å². The van der Waals surface area contributed by atoms with Crippen LogP contribution in [0.25, 0.3) is 0 Å². The van der Waals surface area contributed by atoms with Gasteiger partial charge in [0.05, 0.1) is 13.2 Å². The quantitative estimate of drug-likeness (QED) is 0.471. The van der Waals surface area contributed by atoms with E-state index in [0.29, 0.717) is 6.61 Å². The minimum absolute atomic E-state index is 0.333. The molecule has 0 radical (unpaired) electrons. The van der Waals surface area contributed by atoms with Crippen molar-refractivity contribution in [3.63, 3.8) is 0 Å². The molecular formula is C14H30O5. The van der Waals surface area contributed by atoms with E-state index in [4.69, 9.17) is 19.7 Å². The lowest BCUT2D eigenvalue weighted by atomic mass is 10.2. The van der Waals surface area contributed by atoms with E-state index in [1.807, 2.05) is 13.8 Å². The van der Waals surface area contributed by atoms with Crippen LogP contribution >= 0.6 is 0 Å². The monoisotopic (exact) mass is 278 g/mol. The number of esters is 1. The van der Waals surface area contributed by atoms with E-state index in [2.05, 4.69) is 6.92 Å². The van der Waals surface area contributed by atoms with Gasteiger partial charge in [0.15, 0.2) is 6.10 Å². The van der Waals surface area contributed by atoms with Crippen molar-refractivity contribution in [3.8, 4) is 0 Å². The highest BCUT2D eigenvalue weighted by Gasteiger charge is 2.14. The highest BCUT2D eigenvalue weighted by Crippen LogP contribution is 2.02. The second-order valence-corrected chi connectivity index (χ2v) is 4.06. The predicted octanol–water partition coefficient (Wildman–Crippen LogP) is 1.90. The second-order valence-electron chi connectivity index (χ2n) is 4.06. The molecule has 1 atom stereocenters. The van der Waals surface area contributed by atoms with Crippen LogP contribution in [-0.2, 0) is 14.3 Å². The molecule has 0 heterocycles. The van der Waals surface area contributed by atoms with Crippen molar-refractivity contribution in [3.05, 3.63) is 0 Å². The van der Waals surface area contributed by atoms with Gasteiger partial charge in [-0.1, -0.05) is 32.6 Å². The van der Waals surface area contributed by atoms with Crippen molar-refractivity contribution >= 4 is 5.97 Å². The van der Waals surface area contributed by atoms with Crippen LogP contribution in [0.3, 0.4) is 0 Å². The van der Waals surface area contributed by atoms with Gasteiger partial charge in [0.1, 0.15) is 0 Å². The first-order chi connectivity index (χ1) is 9.13. The Labute approximate surface area is 116 Å². The summed E-state index contributed by atoms with van der Waals surface area (Å²) < 4.78 is 9.56. The molecule has 5 heteroatoms. The molecule has 0 aliphatic rings. The van der Waals surface area contributed by atoms with Gasteiger partial charge in [-0.2, -0.15) is 0 Å². The number of aliphatic hydroxyl groups is 2. The molecule has 0 spiro atoms. The molecule has 0 fully saturated rings. The number of carbonyl (C=O) groups is 1. The lowest BCUT2D eigenvalue weighted by Crippen LogP contribution is -2.26. The Morgan fingerprint density at radius 1 is 1.05 bits per heavy atom. The van der Waals surface area contributed by atoms with Crippen LogP contribution in [0.4, 0.5) is 0 Å². The van der Waals surface area contributed by atoms with E-state index in [1.165, 1.54) is 12.8 Å². The molecule has 0 saturated carbocycles. The molecular weight excluding hydrogens is 248 g/mol. The van der Waals surface area contributed by atoms with Gasteiger partial charge in [0.2, 0.25) is 0 Å². The zero-order valence-electron chi connectivity index (χ0n) is 12.6. The number of aliphatic hydroxyl groups excluding tert-OH is 2. The van der Waals surface area contributed by atoms with Gasteiger partial charge in [0.25, 0.3) is 0 Å². The van der Waals surface area contributed by atoms with Gasteiger partial charge < -0.3 is 19.7 Å². The van der Waals surface area contributed by atoms with Crippen LogP contribution in [0.1, 0.15) is 52.9 Å². The largest absolute Gasteiger partial charge is 0.464 e. The molecule has 0 aromatic rings. The number of unbranched alkanes of at least 4 members (excludes halogenated alkanes) is 4. The summed E-state index contributed by atoms with van der Waals surface area (Å²) in [6, 6.07) is 0. The molecule has 1 unspecified atom stereocenters. The van der Waals surface area contributed by atoms with Crippen molar-refractivity contribution < 1.29 is 24.5 Å². The zero-order valence-corrected chi connectivity index (χ0v) is 12.6. The molecule has 5 nitrogen and oxygen atoms in total. The van der Waals surface area contributed by atoms with Crippen molar-refractivity contribution in [2.45, 2.75) is 59.0 Å². The minimum Gasteiger partial charge on any atom is -0.464 e. The van der Waals surface area contributed by atoms with E-state index in [1.54, 1.807) is 0 Å². The fourth-order valence-corrected chi connectivity index (χ4v) is 1.25. The van der Waals surface area contributed by atoms with E-state index < -0.39 is 18.7 Å². The first kappa shape index (κ1) is 20.7. The predicted molar refractivity (Wildman–Crippen MR) is 75.0 cm³/mol. The smallest absolute Gasteiger partial charge is 0.337 e. The summed E-state index contributed by atoms with van der Waals surface area (Å²) in [7, 11) is 0. The Kier molecular flexibility index (Phi) is 18.9. The molecule has 0 saturated heterocycles. The van der Waals surface area contributed by atoms with E-state index in [0.717, 1.165) is 32.5 Å². The standard InChI is InChI=1S/C10H20O4.C4H10O/c1-2-3-4-5-6-7-14-10(13)9(12)8-11;1-3-5-4-2/h9,11-12H,2-8H2,1H3;3-4H2,1-2H3. The van der Waals surface area contributed by atoms with Crippen molar-refractivity contribution in [2.75, 3.05) is 26.4 Å². The van der Waals surface area contributed by atoms with E-state index in [9.17, 15) is 4.79 Å². The van der Waals surface area contributed by atoms with Gasteiger partial charge in [-0.05, 0) is 20.3 Å². The third-order valence-electron chi connectivity index (χ3n) is 2.35. The fraction of sp³-hybridized carbons (Fsp3) is 0.929. The van der Waals surface area contributed by atoms with Gasteiger partial charge in [-0.25, -0.2) is 4.79 Å². The van der Waals surface area contributed by atoms with Crippen LogP contribution in [-0.4, -0.2) is 48.7 Å². The highest BCUT2D eigenvalue weighted by molar-refractivity contribution is 5.74. The summed E-state index contributed by atoms with van der Waals surface area (Å²) in [5.41, 5.74) is 0. The summed E-state index contributed by atoms with van der Waals surface area (Å²) in [5, 5.41) is 17.3. The van der Waals surface area contributed by atoms with Crippen LogP contribution in [0, 0.1) is 0 Å². The molecule has 0 aromatic carbocycles. The maximum absolute atomic E-state index is 10.8. The minimum atomic E-state index is -1.38. The average molecular weight is 278 g/mol. The van der Waals surface area contributed by atoms with Crippen molar-refractivity contribution in [1.29, 1.82) is 0 Å². The summed E-state index contributed by atoms with van der Waals surface area (Å²) in [6.07, 6.45) is 4.01. The SMILES string of the molecule is CCCCCCCOC(=O)C(O)CO.CCOCC. The normalized spacial score (nSPS) is 11.4. The first-order valence-corrected chi connectivity index (χ1v) is 7.17. The fourth-order valence-electron chi connectivity index (χ4n) is 1.25. The van der Waals surface area contributed by atoms with Crippen LogP contribution < -0.4 is 0 Å². The number of ether oxygens (including phenoxy) is 2. The number of hydrogen-bond acceptors (Lipinski definition) is 5. The topological polar surface area (TPSA) is 76.0 Å². The maximum Gasteiger partial charge on any atom is 0.337 e. The lowest BCUT2D eigenvalue weighted by Gasteiger charge is -2.07. The Morgan fingerprint density at radius 2 is 1.63 bits per heavy atom. The van der Waals surface area contributed by atoms with Gasteiger partial charge in [-0.3, -0.25) is 0 Å². The third kappa shape index (κ3) is 17.4. The molecule has 0 aliphatic heterocycles. The lowest BCUT2D eigenvalue weighted by molar-refractivity contribution is -0.155. The Balaban J connectivity index is 0. The Morgan fingerprint density at radius 3 is 2.05 bits per heavy atom. The van der Waals surface area contributed by atoms with Crippen LogP contribution in [0.2, 0.25) is 0 Å². The van der Waals surface area contributed by atoms with Gasteiger partial charge in [-0.15, -0.1) is 0 Å². The van der Waals surface area contributed by atoms with Crippen LogP contribution in [0.15, 0.2) is 0 Å². The van der Waals surface area contributed by atoms with E-state index in [-0.39, 0.29) is 0 Å². The summed E-state index contributed by atoms with van der Waals surface area (Å²) in [6.45, 7) is 7.56. The summed E-state index contributed by atoms with van der Waals surface area (Å²) in [4.78, 5) is 10.8. The zero-order chi connectivity index (χ0) is 14.9. The number of carbonyl (C=O) groups excluding carboxylic acids is 1. The van der Waals surface area contributed by atoms with Crippen molar-refractivity contribution in [1.82, 2.24) is 0 Å².